The minimum absolute atomic E-state index is 0.0484. The summed E-state index contributed by atoms with van der Waals surface area (Å²) in [5, 5.41) is 19.1. The van der Waals surface area contributed by atoms with Gasteiger partial charge in [-0.15, -0.1) is 0 Å². The van der Waals surface area contributed by atoms with Gasteiger partial charge in [-0.05, 0) is 121 Å². The van der Waals surface area contributed by atoms with Gasteiger partial charge < -0.3 is 38.6 Å². The molecule has 2 aromatic rings. The average Bonchev–Trinajstić information content (AvgIpc) is 3.55. The second kappa shape index (κ2) is 21.2. The van der Waals surface area contributed by atoms with Crippen molar-refractivity contribution in [3.8, 4) is 0 Å². The fourth-order valence-corrected chi connectivity index (χ4v) is 8.85. The number of aliphatic hydroxyl groups is 2. The van der Waals surface area contributed by atoms with E-state index in [1.165, 1.54) is 0 Å². The Kier molecular flexibility index (Phi) is 18.2. The summed E-state index contributed by atoms with van der Waals surface area (Å²) in [5.74, 6) is -1.76. The molecule has 2 unspecified atom stereocenters. The first kappa shape index (κ1) is 48.9. The summed E-state index contributed by atoms with van der Waals surface area (Å²) in [5.41, 5.74) is 6.49. The first-order valence-corrected chi connectivity index (χ1v) is 28.3. The average molecular weight is 831 g/mol. The molecule has 0 aliphatic carbocycles. The number of hydrogen-bond acceptors (Lipinski definition) is 10. The molecule has 2 heterocycles. The lowest BCUT2D eigenvalue weighted by Gasteiger charge is -2.18. The van der Waals surface area contributed by atoms with Crippen LogP contribution in [0.15, 0.2) is 30.3 Å². The molecular formula is C45H74O10Si2. The molecule has 0 bridgehead atoms. The van der Waals surface area contributed by atoms with Gasteiger partial charge in [-0.25, -0.2) is 9.59 Å². The SMILES string of the molecule is Cc1cc(C)c(C(=O)OCC[Si](C)(C)C)c(CCC[C@@H]2OC(C)(C)OC2CO)c1.Cc1cccc(CCC[C@@H]2OC(C)(C)OC2CO)c1C(=O)OCC[Si](C)(C)C. The van der Waals surface area contributed by atoms with Crippen LogP contribution < -0.4 is 0 Å². The highest BCUT2D eigenvalue weighted by Gasteiger charge is 2.41. The van der Waals surface area contributed by atoms with E-state index >= 15 is 0 Å². The normalized spacial score (nSPS) is 21.5. The maximum atomic E-state index is 12.8. The lowest BCUT2D eigenvalue weighted by Crippen LogP contribution is -2.26. The van der Waals surface area contributed by atoms with E-state index in [0.717, 1.165) is 78.4 Å². The van der Waals surface area contributed by atoms with Crippen molar-refractivity contribution in [2.45, 2.75) is 174 Å². The molecule has 2 aliphatic heterocycles. The van der Waals surface area contributed by atoms with Gasteiger partial charge in [0.15, 0.2) is 11.6 Å². The molecule has 322 valence electrons. The molecule has 57 heavy (non-hydrogen) atoms. The van der Waals surface area contributed by atoms with E-state index in [9.17, 15) is 19.8 Å². The quantitative estimate of drug-likeness (QED) is 0.111. The number of benzene rings is 2. The van der Waals surface area contributed by atoms with Gasteiger partial charge in [0.05, 0.1) is 49.8 Å². The van der Waals surface area contributed by atoms with Gasteiger partial charge in [-0.3, -0.25) is 0 Å². The van der Waals surface area contributed by atoms with Crippen LogP contribution in [0.2, 0.25) is 51.4 Å². The zero-order valence-electron chi connectivity index (χ0n) is 37.3. The maximum Gasteiger partial charge on any atom is 0.338 e. The molecule has 0 spiro atoms. The summed E-state index contributed by atoms with van der Waals surface area (Å²) in [7, 11) is -2.48. The zero-order chi connectivity index (χ0) is 42.8. The molecule has 0 saturated carbocycles. The monoisotopic (exact) mass is 830 g/mol. The van der Waals surface area contributed by atoms with Crippen molar-refractivity contribution in [1.82, 2.24) is 0 Å². The van der Waals surface area contributed by atoms with E-state index in [-0.39, 0.29) is 49.6 Å². The summed E-state index contributed by atoms with van der Waals surface area (Å²) >= 11 is 0. The number of esters is 2. The van der Waals surface area contributed by atoms with Gasteiger partial charge in [0, 0.05) is 16.1 Å². The third-order valence-corrected chi connectivity index (χ3v) is 13.7. The molecule has 0 amide bonds. The first-order valence-electron chi connectivity index (χ1n) is 20.9. The van der Waals surface area contributed by atoms with Crippen LogP contribution in [0.3, 0.4) is 0 Å². The summed E-state index contributed by atoms with van der Waals surface area (Å²) in [4.78, 5) is 25.5. The summed E-state index contributed by atoms with van der Waals surface area (Å²) in [6.45, 7) is 28.0. The number of aryl methyl sites for hydroxylation is 5. The van der Waals surface area contributed by atoms with Crippen LogP contribution in [0, 0.1) is 20.8 Å². The number of ether oxygens (including phenoxy) is 6. The van der Waals surface area contributed by atoms with Crippen LogP contribution in [-0.2, 0) is 41.3 Å². The molecule has 0 aromatic heterocycles. The molecular weight excluding hydrogens is 757 g/mol. The van der Waals surface area contributed by atoms with E-state index < -0.39 is 27.7 Å². The first-order chi connectivity index (χ1) is 26.4. The van der Waals surface area contributed by atoms with Crippen LogP contribution in [0.5, 0.6) is 0 Å². The molecule has 4 rings (SSSR count). The summed E-state index contributed by atoms with van der Waals surface area (Å²) in [6, 6.07) is 12.0. The van der Waals surface area contributed by atoms with Crippen molar-refractivity contribution >= 4 is 28.1 Å². The minimum atomic E-state index is -1.24. The van der Waals surface area contributed by atoms with E-state index in [4.69, 9.17) is 28.4 Å². The maximum absolute atomic E-state index is 12.8. The highest BCUT2D eigenvalue weighted by atomic mass is 28.3. The van der Waals surface area contributed by atoms with Gasteiger partial charge in [0.1, 0.15) is 12.2 Å². The highest BCUT2D eigenvalue weighted by Crippen LogP contribution is 2.32. The van der Waals surface area contributed by atoms with Gasteiger partial charge in [0.25, 0.3) is 0 Å². The standard InChI is InChI=1S/C23H38O5Si.C22H36O5Si/c1-16-13-17(2)21(22(25)26-11-12-29(5,6)7)18(14-16)9-8-10-19-20(15-24)28-23(3,4)27-19;1-16-9-7-10-17(20(16)21(24)25-13-14-28(4,5)6)11-8-12-18-19(15-23)27-22(2,3)26-18/h13-14,19-20,24H,8-12,15H2,1-7H3;7,9-10,18-19,23H,8,11-15H2,1-6H3/t19-,20?;18-,19?/m00/s1. The summed E-state index contributed by atoms with van der Waals surface area (Å²) < 4.78 is 34.5. The third kappa shape index (κ3) is 16.3. The van der Waals surface area contributed by atoms with Gasteiger partial charge in [-0.1, -0.05) is 75.2 Å². The van der Waals surface area contributed by atoms with Crippen LogP contribution in [0.4, 0.5) is 0 Å². The molecule has 4 atom stereocenters. The Morgan fingerprint density at radius 3 is 1.49 bits per heavy atom. The number of hydrogen-bond donors (Lipinski definition) is 2. The van der Waals surface area contributed by atoms with Crippen molar-refractivity contribution in [3.63, 3.8) is 0 Å². The second-order valence-corrected chi connectivity index (χ2v) is 30.4. The zero-order valence-corrected chi connectivity index (χ0v) is 39.3. The number of carbonyl (C=O) groups is 2. The van der Waals surface area contributed by atoms with Crippen molar-refractivity contribution in [3.05, 3.63) is 69.3 Å². The van der Waals surface area contributed by atoms with Crippen molar-refractivity contribution in [2.24, 2.45) is 0 Å². The van der Waals surface area contributed by atoms with Crippen molar-refractivity contribution in [1.29, 1.82) is 0 Å². The van der Waals surface area contributed by atoms with Crippen LogP contribution in [0.1, 0.15) is 102 Å². The Labute approximate surface area is 345 Å². The number of carbonyl (C=O) groups excluding carboxylic acids is 2. The van der Waals surface area contributed by atoms with E-state index in [1.807, 2.05) is 65.8 Å². The van der Waals surface area contributed by atoms with E-state index in [1.54, 1.807) is 0 Å². The highest BCUT2D eigenvalue weighted by molar-refractivity contribution is 6.76. The molecule has 0 radical (unpaired) electrons. The summed E-state index contributed by atoms with van der Waals surface area (Å²) in [6.07, 6.45) is 3.91. The lowest BCUT2D eigenvalue weighted by atomic mass is 9.94. The van der Waals surface area contributed by atoms with E-state index in [2.05, 4.69) is 52.3 Å². The lowest BCUT2D eigenvalue weighted by molar-refractivity contribution is -0.150. The van der Waals surface area contributed by atoms with Crippen molar-refractivity contribution in [2.75, 3.05) is 26.4 Å². The Morgan fingerprint density at radius 2 is 1.05 bits per heavy atom. The Hall–Kier alpha value is -2.43. The van der Waals surface area contributed by atoms with E-state index in [0.29, 0.717) is 24.3 Å². The van der Waals surface area contributed by atoms with Crippen LogP contribution in [0.25, 0.3) is 0 Å². The van der Waals surface area contributed by atoms with Gasteiger partial charge >= 0.3 is 11.9 Å². The molecule has 2 saturated heterocycles. The number of aliphatic hydroxyl groups excluding tert-OH is 2. The predicted molar refractivity (Wildman–Crippen MR) is 232 cm³/mol. The fourth-order valence-electron chi connectivity index (χ4n) is 7.42. The molecule has 2 fully saturated rings. The van der Waals surface area contributed by atoms with Gasteiger partial charge in [-0.2, -0.15) is 0 Å². The van der Waals surface area contributed by atoms with Crippen LogP contribution in [-0.4, -0.2) is 101 Å². The number of rotatable bonds is 18. The van der Waals surface area contributed by atoms with Crippen molar-refractivity contribution < 1.29 is 48.2 Å². The Balaban J connectivity index is 0.000000306. The topological polar surface area (TPSA) is 130 Å². The molecule has 2 aromatic carbocycles. The molecule has 2 N–H and O–H groups in total. The fraction of sp³-hybridized carbons (Fsp3) is 0.689. The smallest absolute Gasteiger partial charge is 0.338 e. The van der Waals surface area contributed by atoms with Crippen LogP contribution >= 0.6 is 0 Å². The Bertz CT molecular complexity index is 1610. The predicted octanol–water partition coefficient (Wildman–Crippen LogP) is 8.96. The second-order valence-electron chi connectivity index (χ2n) is 19.2. The largest absolute Gasteiger partial charge is 0.462 e. The van der Waals surface area contributed by atoms with Gasteiger partial charge in [0.2, 0.25) is 0 Å². The molecule has 2 aliphatic rings. The molecule has 12 heteroatoms. The third-order valence-electron chi connectivity index (χ3n) is 10.3. The Morgan fingerprint density at radius 1 is 0.632 bits per heavy atom. The molecule has 10 nitrogen and oxygen atoms in total. The minimum Gasteiger partial charge on any atom is -0.462 e.